The van der Waals surface area contributed by atoms with E-state index < -0.39 is 0 Å². The van der Waals surface area contributed by atoms with Gasteiger partial charge in [-0.25, -0.2) is 4.79 Å². The van der Waals surface area contributed by atoms with Gasteiger partial charge in [-0.3, -0.25) is 0 Å². The molecular weight excluding hydrogens is 226 g/mol. The van der Waals surface area contributed by atoms with Crippen molar-refractivity contribution in [1.82, 2.24) is 4.90 Å². The van der Waals surface area contributed by atoms with Crippen LogP contribution in [0.3, 0.4) is 0 Å². The van der Waals surface area contributed by atoms with Gasteiger partial charge in [-0.1, -0.05) is 33.8 Å². The molecule has 102 valence electrons. The first kappa shape index (κ1) is 13.4. The van der Waals surface area contributed by atoms with Gasteiger partial charge in [0.15, 0.2) is 0 Å². The lowest BCUT2D eigenvalue weighted by Gasteiger charge is -2.52. The molecule has 0 aromatic heterocycles. The fourth-order valence-corrected chi connectivity index (χ4v) is 4.15. The van der Waals surface area contributed by atoms with Gasteiger partial charge in [0.1, 0.15) is 0 Å². The minimum atomic E-state index is -0.228. The smallest absolute Gasteiger partial charge is 0.414 e. The Kier molecular flexibility index (Phi) is 3.69. The molecule has 2 unspecified atom stereocenters. The van der Waals surface area contributed by atoms with E-state index in [9.17, 15) is 4.79 Å². The maximum Gasteiger partial charge on any atom is 0.414 e. The summed E-state index contributed by atoms with van der Waals surface area (Å²) in [5.74, 6) is 2.00. The monoisotopic (exact) mass is 251 g/mol. The molecule has 3 heteroatoms. The van der Waals surface area contributed by atoms with E-state index in [2.05, 4.69) is 27.4 Å². The summed E-state index contributed by atoms with van der Waals surface area (Å²) in [6, 6.07) is 0. The first-order valence-corrected chi connectivity index (χ1v) is 7.00. The molecule has 2 bridgehead atoms. The fraction of sp³-hybridized carbons (Fsp3) is 0.800. The van der Waals surface area contributed by atoms with Crippen LogP contribution in [0, 0.1) is 23.2 Å². The number of piperidine rings is 1. The number of rotatable bonds is 1. The zero-order chi connectivity index (χ0) is 13.3. The topological polar surface area (TPSA) is 29.5 Å². The molecule has 2 rings (SSSR count). The molecule has 1 saturated heterocycles. The van der Waals surface area contributed by atoms with Crippen molar-refractivity contribution in [1.29, 1.82) is 0 Å². The highest BCUT2D eigenvalue weighted by Gasteiger charge is 2.46. The van der Waals surface area contributed by atoms with Gasteiger partial charge < -0.3 is 9.64 Å². The first-order valence-electron chi connectivity index (χ1n) is 7.00. The van der Waals surface area contributed by atoms with E-state index in [0.29, 0.717) is 17.3 Å². The summed E-state index contributed by atoms with van der Waals surface area (Å²) in [6.45, 7) is 12.2. The average Bonchev–Trinajstić information content (AvgIpc) is 2.26. The summed E-state index contributed by atoms with van der Waals surface area (Å²) >= 11 is 0. The molecule has 0 N–H and O–H groups in total. The van der Waals surface area contributed by atoms with Gasteiger partial charge in [-0.05, 0) is 36.0 Å². The largest absolute Gasteiger partial charge is 0.419 e. The van der Waals surface area contributed by atoms with Crippen molar-refractivity contribution in [3.8, 4) is 0 Å². The Hall–Kier alpha value is -0.990. The molecule has 2 fully saturated rings. The van der Waals surface area contributed by atoms with E-state index in [1.54, 1.807) is 0 Å². The average molecular weight is 251 g/mol. The van der Waals surface area contributed by atoms with Crippen LogP contribution in [-0.4, -0.2) is 24.1 Å². The van der Waals surface area contributed by atoms with Crippen LogP contribution in [0.5, 0.6) is 0 Å². The van der Waals surface area contributed by atoms with E-state index >= 15 is 0 Å². The van der Waals surface area contributed by atoms with Gasteiger partial charge in [0.2, 0.25) is 0 Å². The lowest BCUT2D eigenvalue weighted by Crippen LogP contribution is -2.53. The minimum Gasteiger partial charge on any atom is -0.419 e. The third-order valence-electron chi connectivity index (χ3n) is 4.52. The van der Waals surface area contributed by atoms with E-state index in [-0.39, 0.29) is 6.09 Å². The highest BCUT2D eigenvalue weighted by molar-refractivity contribution is 5.68. The Labute approximate surface area is 110 Å². The molecule has 0 aromatic carbocycles. The van der Waals surface area contributed by atoms with Gasteiger partial charge in [-0.2, -0.15) is 0 Å². The van der Waals surface area contributed by atoms with Gasteiger partial charge in [0.05, 0.1) is 6.26 Å². The van der Waals surface area contributed by atoms with Crippen molar-refractivity contribution < 1.29 is 9.53 Å². The summed E-state index contributed by atoms with van der Waals surface area (Å²) in [6.07, 6.45) is 4.81. The van der Waals surface area contributed by atoms with Crippen LogP contribution in [0.15, 0.2) is 12.8 Å². The zero-order valence-electron chi connectivity index (χ0n) is 11.8. The zero-order valence-corrected chi connectivity index (χ0v) is 11.8. The lowest BCUT2D eigenvalue weighted by molar-refractivity contribution is -0.0275. The molecule has 2 atom stereocenters. The second-order valence-electron chi connectivity index (χ2n) is 6.80. The number of hydrogen-bond donors (Lipinski definition) is 0. The lowest BCUT2D eigenvalue weighted by atomic mass is 9.59. The number of amides is 1. The predicted octanol–water partition coefficient (Wildman–Crippen LogP) is 3.66. The van der Waals surface area contributed by atoms with Crippen molar-refractivity contribution in [2.75, 3.05) is 13.1 Å². The molecule has 18 heavy (non-hydrogen) atoms. The van der Waals surface area contributed by atoms with Gasteiger partial charge in [-0.15, -0.1) is 0 Å². The molecule has 1 aliphatic carbocycles. The molecular formula is C15H25NO2. The molecule has 0 radical (unpaired) electrons. The quantitative estimate of drug-likeness (QED) is 0.666. The Balaban J connectivity index is 2.11. The van der Waals surface area contributed by atoms with Crippen molar-refractivity contribution in [3.05, 3.63) is 12.8 Å². The maximum absolute atomic E-state index is 11.8. The third kappa shape index (κ3) is 2.55. The Morgan fingerprint density at radius 2 is 1.83 bits per heavy atom. The van der Waals surface area contributed by atoms with Crippen LogP contribution in [-0.2, 0) is 4.74 Å². The normalized spacial score (nSPS) is 31.9. The summed E-state index contributed by atoms with van der Waals surface area (Å²) in [5.41, 5.74) is 0.337. The van der Waals surface area contributed by atoms with Crippen LogP contribution in [0.2, 0.25) is 0 Å². The third-order valence-corrected chi connectivity index (χ3v) is 4.52. The number of carbonyl (C=O) groups is 1. The number of fused-ring (bicyclic) bond motifs is 2. The number of nitrogens with zero attached hydrogens (tertiary/aromatic N) is 1. The highest BCUT2D eigenvalue weighted by atomic mass is 16.5. The number of ether oxygens (including phenoxy) is 1. The summed E-state index contributed by atoms with van der Waals surface area (Å²) < 4.78 is 4.92. The van der Waals surface area contributed by atoms with Gasteiger partial charge >= 0.3 is 6.09 Å². The van der Waals surface area contributed by atoms with Crippen LogP contribution >= 0.6 is 0 Å². The molecule has 2 aliphatic rings. The molecule has 1 amide bonds. The standard InChI is InChI=1S/C15H25NO2/c1-5-18-14(17)16-9-11-7-6-8-12(10-16)13(11)15(2,3)4/h5,11-13H,1,6-10H2,2-4H3. The summed E-state index contributed by atoms with van der Waals surface area (Å²) in [7, 11) is 0. The van der Waals surface area contributed by atoms with Crippen molar-refractivity contribution in [2.24, 2.45) is 23.2 Å². The Morgan fingerprint density at radius 1 is 1.28 bits per heavy atom. The molecule has 0 aromatic rings. The molecule has 1 aliphatic heterocycles. The molecule has 3 nitrogen and oxygen atoms in total. The van der Waals surface area contributed by atoms with Crippen molar-refractivity contribution in [2.45, 2.75) is 40.0 Å². The second kappa shape index (κ2) is 4.94. The van der Waals surface area contributed by atoms with E-state index in [1.165, 1.54) is 25.5 Å². The second-order valence-corrected chi connectivity index (χ2v) is 6.80. The molecule has 1 saturated carbocycles. The first-order chi connectivity index (χ1) is 8.43. The van der Waals surface area contributed by atoms with Crippen LogP contribution < -0.4 is 0 Å². The molecule has 0 spiro atoms. The van der Waals surface area contributed by atoms with Crippen LogP contribution in [0.1, 0.15) is 40.0 Å². The van der Waals surface area contributed by atoms with Crippen molar-refractivity contribution in [3.63, 3.8) is 0 Å². The Bertz CT molecular complexity index is 318. The van der Waals surface area contributed by atoms with E-state index in [1.807, 2.05) is 4.90 Å². The SMILES string of the molecule is C=COC(=O)N1CC2CCCC(C1)C2C(C)(C)C. The number of hydrogen-bond acceptors (Lipinski definition) is 2. The predicted molar refractivity (Wildman–Crippen MR) is 72.0 cm³/mol. The summed E-state index contributed by atoms with van der Waals surface area (Å²) in [4.78, 5) is 13.7. The Morgan fingerprint density at radius 3 is 2.28 bits per heavy atom. The van der Waals surface area contributed by atoms with E-state index in [4.69, 9.17) is 4.74 Å². The fourth-order valence-electron chi connectivity index (χ4n) is 4.15. The molecule has 1 heterocycles. The highest BCUT2D eigenvalue weighted by Crippen LogP contribution is 2.48. The number of likely N-dealkylation sites (tertiary alicyclic amines) is 1. The summed E-state index contributed by atoms with van der Waals surface area (Å²) in [5, 5.41) is 0. The van der Waals surface area contributed by atoms with Crippen LogP contribution in [0.4, 0.5) is 4.79 Å². The number of carbonyl (C=O) groups excluding carboxylic acids is 1. The van der Waals surface area contributed by atoms with Crippen molar-refractivity contribution >= 4 is 6.09 Å². The minimum absolute atomic E-state index is 0.228. The van der Waals surface area contributed by atoms with Crippen LogP contribution in [0.25, 0.3) is 0 Å². The van der Waals surface area contributed by atoms with Gasteiger partial charge in [0, 0.05) is 13.1 Å². The maximum atomic E-state index is 11.8. The van der Waals surface area contributed by atoms with E-state index in [0.717, 1.165) is 19.0 Å². The van der Waals surface area contributed by atoms with Gasteiger partial charge in [0.25, 0.3) is 0 Å².